The lowest BCUT2D eigenvalue weighted by Gasteiger charge is -2.29. The van der Waals surface area contributed by atoms with Crippen molar-refractivity contribution < 1.29 is 0 Å². The molecule has 1 saturated carbocycles. The fraction of sp³-hybridized carbons (Fsp3) is 0.667. The van der Waals surface area contributed by atoms with E-state index in [0.717, 1.165) is 11.8 Å². The van der Waals surface area contributed by atoms with Crippen LogP contribution < -0.4 is 5.32 Å². The van der Waals surface area contributed by atoms with Crippen molar-refractivity contribution >= 4 is 0 Å². The van der Waals surface area contributed by atoms with Crippen molar-refractivity contribution in [1.82, 2.24) is 5.32 Å². The van der Waals surface area contributed by atoms with Crippen molar-refractivity contribution in [1.29, 1.82) is 0 Å². The third-order valence-electron chi connectivity index (χ3n) is 5.93. The Morgan fingerprint density at radius 1 is 1.16 bits per heavy atom. The van der Waals surface area contributed by atoms with Gasteiger partial charge in [-0.1, -0.05) is 24.3 Å². The molecule has 1 aliphatic heterocycles. The Morgan fingerprint density at radius 3 is 2.89 bits per heavy atom. The van der Waals surface area contributed by atoms with E-state index in [2.05, 4.69) is 29.6 Å². The standard InChI is InChI=1S/C18H25N/c1-2-6-17-15(4-1)5-3-9-18(17)13-16(18)12-14-7-10-19-11-8-14/h1-2,4,6,14,16,19H,3,5,7-13H2. The largest absolute Gasteiger partial charge is 0.317 e. The van der Waals surface area contributed by atoms with Crippen LogP contribution in [0.1, 0.15) is 49.7 Å². The predicted octanol–water partition coefficient (Wildman–Crippen LogP) is 3.67. The fourth-order valence-corrected chi connectivity index (χ4v) is 4.80. The third kappa shape index (κ3) is 2.03. The van der Waals surface area contributed by atoms with Crippen molar-refractivity contribution in [3.63, 3.8) is 0 Å². The molecule has 0 aromatic heterocycles. The number of rotatable bonds is 2. The molecule has 1 nitrogen and oxygen atoms in total. The number of aryl methyl sites for hydroxylation is 1. The number of benzene rings is 1. The Morgan fingerprint density at radius 2 is 2.00 bits per heavy atom. The molecule has 2 fully saturated rings. The van der Waals surface area contributed by atoms with Crippen LogP contribution in [-0.2, 0) is 11.8 Å². The second-order valence-electron chi connectivity index (χ2n) is 7.00. The number of fused-ring (bicyclic) bond motifs is 2. The van der Waals surface area contributed by atoms with E-state index in [9.17, 15) is 0 Å². The summed E-state index contributed by atoms with van der Waals surface area (Å²) in [5, 5.41) is 3.50. The highest BCUT2D eigenvalue weighted by atomic mass is 14.9. The average molecular weight is 255 g/mol. The summed E-state index contributed by atoms with van der Waals surface area (Å²) in [7, 11) is 0. The molecule has 1 heterocycles. The maximum atomic E-state index is 3.50. The molecule has 0 bridgehead atoms. The lowest BCUT2D eigenvalue weighted by atomic mass is 9.77. The van der Waals surface area contributed by atoms with Crippen molar-refractivity contribution in [2.75, 3.05) is 13.1 Å². The monoisotopic (exact) mass is 255 g/mol. The molecule has 1 aromatic rings. The van der Waals surface area contributed by atoms with Gasteiger partial charge in [0, 0.05) is 0 Å². The molecule has 4 rings (SSSR count). The van der Waals surface area contributed by atoms with Gasteiger partial charge in [0.25, 0.3) is 0 Å². The molecule has 1 N–H and O–H groups in total. The van der Waals surface area contributed by atoms with Crippen LogP contribution in [0.2, 0.25) is 0 Å². The molecular formula is C18H25N. The van der Waals surface area contributed by atoms with Crippen LogP contribution >= 0.6 is 0 Å². The zero-order valence-corrected chi connectivity index (χ0v) is 11.8. The molecule has 0 radical (unpaired) electrons. The smallest absolute Gasteiger partial charge is 0.00125 e. The summed E-state index contributed by atoms with van der Waals surface area (Å²) in [6.45, 7) is 2.50. The number of nitrogens with one attached hydrogen (secondary N) is 1. The molecule has 2 aliphatic carbocycles. The Balaban J connectivity index is 1.51. The molecule has 2 atom stereocenters. The zero-order chi connectivity index (χ0) is 12.7. The second kappa shape index (κ2) is 4.63. The molecule has 0 amide bonds. The van der Waals surface area contributed by atoms with Crippen LogP contribution in [0.5, 0.6) is 0 Å². The van der Waals surface area contributed by atoms with Gasteiger partial charge in [-0.15, -0.1) is 0 Å². The number of hydrogen-bond acceptors (Lipinski definition) is 1. The van der Waals surface area contributed by atoms with Gasteiger partial charge in [0.15, 0.2) is 0 Å². The normalized spacial score (nSPS) is 34.2. The van der Waals surface area contributed by atoms with E-state index in [4.69, 9.17) is 0 Å². The van der Waals surface area contributed by atoms with Gasteiger partial charge in [-0.3, -0.25) is 0 Å². The summed E-state index contributed by atoms with van der Waals surface area (Å²) < 4.78 is 0. The first-order valence-electron chi connectivity index (χ1n) is 8.18. The highest BCUT2D eigenvalue weighted by Crippen LogP contribution is 2.62. The van der Waals surface area contributed by atoms with Gasteiger partial charge in [-0.05, 0) is 86.4 Å². The van der Waals surface area contributed by atoms with Crippen LogP contribution in [0.15, 0.2) is 24.3 Å². The van der Waals surface area contributed by atoms with Crippen LogP contribution in [0.4, 0.5) is 0 Å². The lowest BCUT2D eigenvalue weighted by molar-refractivity contribution is 0.323. The van der Waals surface area contributed by atoms with E-state index in [1.54, 1.807) is 11.1 Å². The minimum absolute atomic E-state index is 0.611. The molecule has 1 aromatic carbocycles. The van der Waals surface area contributed by atoms with Crippen LogP contribution in [0, 0.1) is 11.8 Å². The number of hydrogen-bond donors (Lipinski definition) is 1. The van der Waals surface area contributed by atoms with Gasteiger partial charge >= 0.3 is 0 Å². The first kappa shape index (κ1) is 12.0. The Kier molecular flexibility index (Phi) is 2.91. The second-order valence-corrected chi connectivity index (χ2v) is 7.00. The summed E-state index contributed by atoms with van der Waals surface area (Å²) in [4.78, 5) is 0. The van der Waals surface area contributed by atoms with E-state index < -0.39 is 0 Å². The minimum Gasteiger partial charge on any atom is -0.317 e. The average Bonchev–Trinajstić information content (AvgIpc) is 3.14. The van der Waals surface area contributed by atoms with E-state index in [0.29, 0.717) is 5.41 Å². The maximum absolute atomic E-state index is 3.50. The summed E-state index contributed by atoms with van der Waals surface area (Å²) in [5.41, 5.74) is 3.99. The van der Waals surface area contributed by atoms with E-state index in [-0.39, 0.29) is 0 Å². The van der Waals surface area contributed by atoms with Crippen LogP contribution in [0.25, 0.3) is 0 Å². The van der Waals surface area contributed by atoms with Gasteiger partial charge < -0.3 is 5.32 Å². The Bertz CT molecular complexity index is 461. The highest BCUT2D eigenvalue weighted by molar-refractivity contribution is 5.42. The van der Waals surface area contributed by atoms with Gasteiger partial charge in [0.2, 0.25) is 0 Å². The van der Waals surface area contributed by atoms with E-state index in [1.807, 2.05) is 0 Å². The molecule has 102 valence electrons. The molecule has 1 spiro atoms. The molecule has 1 saturated heterocycles. The Labute approximate surface area is 116 Å². The first-order chi connectivity index (χ1) is 9.38. The molecular weight excluding hydrogens is 230 g/mol. The van der Waals surface area contributed by atoms with Crippen molar-refractivity contribution in [2.45, 2.75) is 50.4 Å². The van der Waals surface area contributed by atoms with Gasteiger partial charge in [0.05, 0.1) is 0 Å². The van der Waals surface area contributed by atoms with Crippen LogP contribution in [0.3, 0.4) is 0 Å². The summed E-state index contributed by atoms with van der Waals surface area (Å²) in [5.74, 6) is 2.00. The summed E-state index contributed by atoms with van der Waals surface area (Å²) in [6, 6.07) is 9.28. The van der Waals surface area contributed by atoms with Gasteiger partial charge in [-0.25, -0.2) is 0 Å². The quantitative estimate of drug-likeness (QED) is 0.850. The maximum Gasteiger partial charge on any atom is -0.00125 e. The Hall–Kier alpha value is -0.820. The molecule has 19 heavy (non-hydrogen) atoms. The topological polar surface area (TPSA) is 12.0 Å². The van der Waals surface area contributed by atoms with E-state index in [1.165, 1.54) is 58.0 Å². The summed E-state index contributed by atoms with van der Waals surface area (Å²) in [6.07, 6.45) is 9.99. The number of piperidine rings is 1. The van der Waals surface area contributed by atoms with Crippen LogP contribution in [-0.4, -0.2) is 13.1 Å². The predicted molar refractivity (Wildman–Crippen MR) is 79.4 cm³/mol. The zero-order valence-electron chi connectivity index (χ0n) is 11.8. The van der Waals surface area contributed by atoms with Crippen molar-refractivity contribution in [3.8, 4) is 0 Å². The van der Waals surface area contributed by atoms with Gasteiger partial charge in [-0.2, -0.15) is 0 Å². The molecule has 3 aliphatic rings. The first-order valence-corrected chi connectivity index (χ1v) is 8.18. The lowest BCUT2D eigenvalue weighted by Crippen LogP contribution is -2.28. The SMILES string of the molecule is c1ccc2c(c1)CCCC21CC1CC1CCNCC1. The highest BCUT2D eigenvalue weighted by Gasteiger charge is 2.56. The molecule has 2 unspecified atom stereocenters. The molecule has 1 heteroatoms. The fourth-order valence-electron chi connectivity index (χ4n) is 4.80. The van der Waals surface area contributed by atoms with Crippen molar-refractivity contribution in [3.05, 3.63) is 35.4 Å². The summed E-state index contributed by atoms with van der Waals surface area (Å²) >= 11 is 0. The van der Waals surface area contributed by atoms with Gasteiger partial charge in [0.1, 0.15) is 0 Å². The van der Waals surface area contributed by atoms with E-state index >= 15 is 0 Å². The third-order valence-corrected chi connectivity index (χ3v) is 5.93. The minimum atomic E-state index is 0.611. The van der Waals surface area contributed by atoms with Crippen molar-refractivity contribution in [2.24, 2.45) is 11.8 Å².